The molecule has 1 aliphatic rings. The van der Waals surface area contributed by atoms with Crippen molar-refractivity contribution in [1.29, 1.82) is 0 Å². The fourth-order valence-corrected chi connectivity index (χ4v) is 3.19. The largest absolute Gasteiger partial charge is 0.465 e. The molecule has 3 heterocycles. The summed E-state index contributed by atoms with van der Waals surface area (Å²) in [6.07, 6.45) is 3.35. The number of aromatic nitrogens is 2. The highest BCUT2D eigenvalue weighted by molar-refractivity contribution is 5.99. The summed E-state index contributed by atoms with van der Waals surface area (Å²) in [6, 6.07) is 4.11. The lowest BCUT2D eigenvalue weighted by Gasteiger charge is -2.34. The Morgan fingerprint density at radius 1 is 1.32 bits per heavy atom. The molecule has 25 heavy (non-hydrogen) atoms. The Kier molecular flexibility index (Phi) is 5.03. The second-order valence-electron chi connectivity index (χ2n) is 6.71. The third-order valence-electron chi connectivity index (χ3n) is 4.73. The van der Waals surface area contributed by atoms with Crippen molar-refractivity contribution >= 4 is 22.9 Å². The molecule has 1 aliphatic heterocycles. The van der Waals surface area contributed by atoms with E-state index in [4.69, 9.17) is 4.74 Å². The monoisotopic (exact) mass is 344 g/mol. The first kappa shape index (κ1) is 17.4. The van der Waals surface area contributed by atoms with Gasteiger partial charge in [-0.15, -0.1) is 0 Å². The van der Waals surface area contributed by atoms with Crippen LogP contribution in [0.25, 0.3) is 11.0 Å². The summed E-state index contributed by atoms with van der Waals surface area (Å²) >= 11 is 0. The Labute approximate surface area is 146 Å². The second-order valence-corrected chi connectivity index (χ2v) is 6.71. The van der Waals surface area contributed by atoms with Crippen molar-refractivity contribution in [2.75, 3.05) is 20.2 Å². The van der Waals surface area contributed by atoms with E-state index in [1.807, 2.05) is 0 Å². The van der Waals surface area contributed by atoms with Crippen molar-refractivity contribution in [2.24, 2.45) is 0 Å². The number of hydrogen-bond donors (Lipinski definition) is 2. The van der Waals surface area contributed by atoms with Crippen molar-refractivity contribution in [1.82, 2.24) is 20.2 Å². The highest BCUT2D eigenvalue weighted by atomic mass is 16.5. The molecule has 3 rings (SSSR count). The number of carbonyl (C=O) groups is 2. The summed E-state index contributed by atoms with van der Waals surface area (Å²) in [5.74, 6) is -0.584. The van der Waals surface area contributed by atoms with Crippen LogP contribution >= 0.6 is 0 Å². The minimum Gasteiger partial charge on any atom is -0.465 e. The van der Waals surface area contributed by atoms with Crippen LogP contribution in [0.2, 0.25) is 0 Å². The van der Waals surface area contributed by atoms with Gasteiger partial charge >= 0.3 is 5.97 Å². The first-order chi connectivity index (χ1) is 12.0. The molecule has 134 valence electrons. The van der Waals surface area contributed by atoms with Gasteiger partial charge in [-0.2, -0.15) is 0 Å². The van der Waals surface area contributed by atoms with Gasteiger partial charge in [-0.3, -0.25) is 4.79 Å². The summed E-state index contributed by atoms with van der Waals surface area (Å²) in [5, 5.41) is 3.80. The van der Waals surface area contributed by atoms with E-state index in [0.717, 1.165) is 25.9 Å². The number of H-pyrrole nitrogens is 1. The number of nitrogens with one attached hydrogen (secondary N) is 2. The molecular formula is C18H24N4O3. The first-order valence-electron chi connectivity index (χ1n) is 8.60. The van der Waals surface area contributed by atoms with Crippen molar-refractivity contribution < 1.29 is 14.3 Å². The van der Waals surface area contributed by atoms with Crippen LogP contribution in [0.5, 0.6) is 0 Å². The molecule has 2 aromatic rings. The Bertz CT molecular complexity index is 776. The lowest BCUT2D eigenvalue weighted by Crippen LogP contribution is -2.46. The van der Waals surface area contributed by atoms with Crippen molar-refractivity contribution in [2.45, 2.75) is 38.8 Å². The Morgan fingerprint density at radius 3 is 2.68 bits per heavy atom. The number of carbonyl (C=O) groups excluding carboxylic acids is 2. The third-order valence-corrected chi connectivity index (χ3v) is 4.73. The third kappa shape index (κ3) is 3.82. The summed E-state index contributed by atoms with van der Waals surface area (Å²) in [6.45, 7) is 6.39. The molecule has 1 amide bonds. The number of hydrogen-bond acceptors (Lipinski definition) is 5. The Balaban J connectivity index is 1.67. The maximum atomic E-state index is 12.5. The van der Waals surface area contributed by atoms with Crippen molar-refractivity contribution in [3.8, 4) is 0 Å². The second kappa shape index (κ2) is 7.23. The van der Waals surface area contributed by atoms with Crippen LogP contribution in [0.1, 0.15) is 47.5 Å². The van der Waals surface area contributed by atoms with Gasteiger partial charge in [-0.25, -0.2) is 9.78 Å². The fourth-order valence-electron chi connectivity index (χ4n) is 3.19. The molecule has 2 N–H and O–H groups in total. The van der Waals surface area contributed by atoms with Gasteiger partial charge in [0.1, 0.15) is 11.3 Å². The fraction of sp³-hybridized carbons (Fsp3) is 0.500. The van der Waals surface area contributed by atoms with E-state index in [2.05, 4.69) is 34.0 Å². The van der Waals surface area contributed by atoms with Crippen LogP contribution in [0.3, 0.4) is 0 Å². The van der Waals surface area contributed by atoms with Gasteiger partial charge in [-0.1, -0.05) is 0 Å². The molecule has 0 bridgehead atoms. The molecule has 0 spiro atoms. The molecule has 0 aromatic carbocycles. The van der Waals surface area contributed by atoms with Crippen LogP contribution in [0.15, 0.2) is 18.3 Å². The lowest BCUT2D eigenvalue weighted by molar-refractivity contribution is 0.0600. The molecule has 1 saturated heterocycles. The standard InChI is InChI=1S/C18H24N4O3/c1-11(2)22-6-4-14(5-7-22)20-17(23)15-9-12-8-13(18(24)25-3)10-19-16(12)21-15/h8-11,14H,4-7H2,1-3H3,(H,19,21)(H,20,23). The highest BCUT2D eigenvalue weighted by Crippen LogP contribution is 2.17. The number of fused-ring (bicyclic) bond motifs is 1. The molecule has 1 fully saturated rings. The number of ether oxygens (including phenoxy) is 1. The maximum absolute atomic E-state index is 12.5. The number of methoxy groups -OCH3 is 1. The van der Waals surface area contributed by atoms with E-state index < -0.39 is 5.97 Å². The zero-order valence-electron chi connectivity index (χ0n) is 14.8. The van der Waals surface area contributed by atoms with Gasteiger partial charge < -0.3 is 19.9 Å². The van der Waals surface area contributed by atoms with Crippen molar-refractivity contribution in [3.05, 3.63) is 29.6 Å². The lowest BCUT2D eigenvalue weighted by atomic mass is 10.0. The molecule has 7 nitrogen and oxygen atoms in total. The van der Waals surface area contributed by atoms with E-state index in [1.54, 1.807) is 12.1 Å². The molecule has 0 unspecified atom stereocenters. The normalized spacial score (nSPS) is 16.3. The predicted octanol–water partition coefficient (Wildman–Crippen LogP) is 1.95. The smallest absolute Gasteiger partial charge is 0.339 e. The number of pyridine rings is 1. The van der Waals surface area contributed by atoms with E-state index >= 15 is 0 Å². The van der Waals surface area contributed by atoms with Gasteiger partial charge in [0.25, 0.3) is 5.91 Å². The Morgan fingerprint density at radius 2 is 2.04 bits per heavy atom. The average Bonchev–Trinajstić information content (AvgIpc) is 3.04. The highest BCUT2D eigenvalue weighted by Gasteiger charge is 2.23. The number of aromatic amines is 1. The van der Waals surface area contributed by atoms with Gasteiger partial charge in [0.2, 0.25) is 0 Å². The quantitative estimate of drug-likeness (QED) is 0.828. The summed E-state index contributed by atoms with van der Waals surface area (Å²) < 4.78 is 4.69. The number of rotatable bonds is 4. The molecule has 7 heteroatoms. The topological polar surface area (TPSA) is 87.3 Å². The zero-order chi connectivity index (χ0) is 18.0. The maximum Gasteiger partial charge on any atom is 0.339 e. The molecule has 0 radical (unpaired) electrons. The van der Waals surface area contributed by atoms with Crippen LogP contribution in [-0.4, -0.2) is 59.0 Å². The zero-order valence-corrected chi connectivity index (χ0v) is 14.8. The molecule has 0 saturated carbocycles. The van der Waals surface area contributed by atoms with E-state index in [1.165, 1.54) is 13.3 Å². The number of esters is 1. The van der Waals surface area contributed by atoms with E-state index in [0.29, 0.717) is 28.3 Å². The van der Waals surface area contributed by atoms with Crippen LogP contribution in [-0.2, 0) is 4.74 Å². The molecular weight excluding hydrogens is 320 g/mol. The van der Waals surface area contributed by atoms with Gasteiger partial charge in [0, 0.05) is 36.8 Å². The van der Waals surface area contributed by atoms with E-state index in [9.17, 15) is 9.59 Å². The van der Waals surface area contributed by atoms with Crippen LogP contribution in [0.4, 0.5) is 0 Å². The minimum atomic E-state index is -0.446. The average molecular weight is 344 g/mol. The minimum absolute atomic E-state index is 0.138. The predicted molar refractivity (Wildman–Crippen MR) is 94.6 cm³/mol. The molecule has 2 aromatic heterocycles. The SMILES string of the molecule is COC(=O)c1cnc2[nH]c(C(=O)NC3CCN(C(C)C)CC3)cc2c1. The first-order valence-corrected chi connectivity index (χ1v) is 8.60. The van der Waals surface area contributed by atoms with Gasteiger partial charge in [0.15, 0.2) is 0 Å². The summed E-state index contributed by atoms with van der Waals surface area (Å²) in [7, 11) is 1.33. The van der Waals surface area contributed by atoms with Gasteiger partial charge in [0.05, 0.1) is 12.7 Å². The number of nitrogens with zero attached hydrogens (tertiary/aromatic N) is 2. The van der Waals surface area contributed by atoms with Crippen molar-refractivity contribution in [3.63, 3.8) is 0 Å². The van der Waals surface area contributed by atoms with Gasteiger partial charge in [-0.05, 0) is 38.8 Å². The Hall–Kier alpha value is -2.41. The number of piperidine rings is 1. The van der Waals surface area contributed by atoms with Crippen LogP contribution < -0.4 is 5.32 Å². The summed E-state index contributed by atoms with van der Waals surface area (Å²) in [5.41, 5.74) is 1.39. The number of likely N-dealkylation sites (tertiary alicyclic amines) is 1. The van der Waals surface area contributed by atoms with Crippen LogP contribution in [0, 0.1) is 0 Å². The van der Waals surface area contributed by atoms with E-state index in [-0.39, 0.29) is 11.9 Å². The molecule has 0 atom stereocenters. The summed E-state index contributed by atoms with van der Waals surface area (Å²) in [4.78, 5) is 33.7. The number of amides is 1. The molecule has 0 aliphatic carbocycles.